The number of amides is 4. The number of nitrogens with zero attached hydrogens (tertiary/aromatic N) is 1. The highest BCUT2D eigenvalue weighted by atomic mass is 19.4. The number of anilines is 1. The van der Waals surface area contributed by atoms with E-state index in [1.807, 2.05) is 6.07 Å². The van der Waals surface area contributed by atoms with Gasteiger partial charge < -0.3 is 31.1 Å². The number of methoxy groups -OCH3 is 1. The number of halogens is 3. The zero-order valence-corrected chi connectivity index (χ0v) is 21.8. The number of likely N-dealkylation sites (tertiary alicyclic amines) is 1. The van der Waals surface area contributed by atoms with Gasteiger partial charge in [0.1, 0.15) is 0 Å². The van der Waals surface area contributed by atoms with E-state index in [0.717, 1.165) is 17.7 Å². The van der Waals surface area contributed by atoms with Crippen molar-refractivity contribution in [2.24, 2.45) is 0 Å². The average molecular weight is 552 g/mol. The largest absolute Gasteiger partial charge is 0.504 e. The number of carbonyl (C=O) groups is 3. The van der Waals surface area contributed by atoms with Gasteiger partial charge in [-0.15, -0.1) is 0 Å². The maximum Gasteiger partial charge on any atom is 0.416 e. The van der Waals surface area contributed by atoms with Gasteiger partial charge in [0.05, 0.1) is 30.5 Å². The second-order valence-corrected chi connectivity index (χ2v) is 9.49. The molecule has 1 saturated heterocycles. The summed E-state index contributed by atoms with van der Waals surface area (Å²) in [7, 11) is 1.47. The summed E-state index contributed by atoms with van der Waals surface area (Å²) in [5, 5.41) is 20.0. The molecule has 39 heavy (non-hydrogen) atoms. The van der Waals surface area contributed by atoms with Gasteiger partial charge in [0.2, 0.25) is 5.91 Å². The van der Waals surface area contributed by atoms with E-state index in [1.54, 1.807) is 26.0 Å². The van der Waals surface area contributed by atoms with Crippen LogP contribution in [0.3, 0.4) is 0 Å². The van der Waals surface area contributed by atoms with Crippen molar-refractivity contribution in [2.45, 2.75) is 45.1 Å². The third-order valence-corrected chi connectivity index (χ3v) is 5.96. The fourth-order valence-electron chi connectivity index (χ4n) is 4.16. The minimum Gasteiger partial charge on any atom is -0.504 e. The molecule has 0 radical (unpaired) electrons. The highest BCUT2D eigenvalue weighted by molar-refractivity contribution is 6.04. The third kappa shape index (κ3) is 8.50. The molecule has 1 aliphatic rings. The normalized spacial score (nSPS) is 15.6. The number of phenols is 1. The fraction of sp³-hybridized carbons (Fsp3) is 0.423. The van der Waals surface area contributed by atoms with E-state index < -0.39 is 41.7 Å². The van der Waals surface area contributed by atoms with E-state index in [1.165, 1.54) is 7.11 Å². The van der Waals surface area contributed by atoms with Crippen molar-refractivity contribution in [3.8, 4) is 11.5 Å². The van der Waals surface area contributed by atoms with Crippen LogP contribution in [-0.4, -0.2) is 66.7 Å². The number of hydrogen-bond donors (Lipinski definition) is 5. The van der Waals surface area contributed by atoms with Gasteiger partial charge in [-0.25, -0.2) is 4.79 Å². The molecule has 0 saturated carbocycles. The number of benzene rings is 2. The van der Waals surface area contributed by atoms with E-state index in [0.29, 0.717) is 37.9 Å². The highest BCUT2D eigenvalue weighted by Crippen LogP contribution is 2.32. The molecule has 0 aliphatic carbocycles. The van der Waals surface area contributed by atoms with E-state index in [9.17, 15) is 32.7 Å². The molecular weight excluding hydrogens is 519 g/mol. The topological polar surface area (TPSA) is 132 Å². The van der Waals surface area contributed by atoms with Crippen LogP contribution in [0.4, 0.5) is 23.7 Å². The summed E-state index contributed by atoms with van der Waals surface area (Å²) in [6, 6.07) is 6.39. The molecular formula is C26H32F3N5O5. The summed E-state index contributed by atoms with van der Waals surface area (Å²) in [5.41, 5.74) is -0.746. The lowest BCUT2D eigenvalue weighted by atomic mass is 10.1. The van der Waals surface area contributed by atoms with Gasteiger partial charge in [-0.1, -0.05) is 6.07 Å². The Kier molecular flexibility index (Phi) is 9.62. The van der Waals surface area contributed by atoms with Gasteiger partial charge >= 0.3 is 12.2 Å². The predicted octanol–water partition coefficient (Wildman–Crippen LogP) is 3.07. The number of phenolic OH excluding ortho intramolecular Hbond substituents is 1. The Morgan fingerprint density at radius 1 is 1.15 bits per heavy atom. The first kappa shape index (κ1) is 29.6. The Balaban J connectivity index is 1.56. The number of aromatic hydroxyl groups is 1. The monoisotopic (exact) mass is 551 g/mol. The van der Waals surface area contributed by atoms with Crippen LogP contribution < -0.4 is 26.0 Å². The summed E-state index contributed by atoms with van der Waals surface area (Å²) in [6.45, 7) is 4.73. The van der Waals surface area contributed by atoms with Gasteiger partial charge in [-0.3, -0.25) is 14.5 Å². The van der Waals surface area contributed by atoms with Crippen LogP contribution in [0.2, 0.25) is 0 Å². The van der Waals surface area contributed by atoms with Crippen LogP contribution in [0.25, 0.3) is 0 Å². The maximum absolute atomic E-state index is 13.2. The van der Waals surface area contributed by atoms with Gasteiger partial charge in [0.15, 0.2) is 11.5 Å². The number of urea groups is 1. The Morgan fingerprint density at radius 3 is 2.54 bits per heavy atom. The summed E-state index contributed by atoms with van der Waals surface area (Å²) < 4.78 is 44.8. The Bertz CT molecular complexity index is 1200. The van der Waals surface area contributed by atoms with E-state index in [-0.39, 0.29) is 23.5 Å². The minimum atomic E-state index is -4.70. The van der Waals surface area contributed by atoms with Crippen molar-refractivity contribution in [3.05, 3.63) is 53.1 Å². The molecule has 0 unspecified atom stereocenters. The molecule has 1 aliphatic heterocycles. The zero-order chi connectivity index (χ0) is 28.7. The molecule has 13 heteroatoms. The number of ether oxygens (including phenoxy) is 1. The number of alkyl halides is 3. The molecule has 212 valence electrons. The van der Waals surface area contributed by atoms with Crippen molar-refractivity contribution < 1.29 is 37.4 Å². The molecule has 5 N–H and O–H groups in total. The maximum atomic E-state index is 13.2. The molecule has 4 amide bonds. The number of nitrogens with one attached hydrogen (secondary N) is 4. The molecule has 0 bridgehead atoms. The average Bonchev–Trinajstić information content (AvgIpc) is 3.28. The van der Waals surface area contributed by atoms with Gasteiger partial charge in [0, 0.05) is 31.7 Å². The minimum absolute atomic E-state index is 0.0365. The molecule has 2 aromatic rings. The van der Waals surface area contributed by atoms with Crippen molar-refractivity contribution in [1.82, 2.24) is 20.9 Å². The second-order valence-electron chi connectivity index (χ2n) is 9.49. The molecule has 0 spiro atoms. The SMILES string of the molecule is COc1ccc(CN2CC[C@@H](NC(=O)CNC(=O)c3cc(C(F)(F)F)ccc3NC(=O)NC(C)C)C2)cc1O. The van der Waals surface area contributed by atoms with Crippen LogP contribution in [0.1, 0.15) is 41.8 Å². The lowest BCUT2D eigenvalue weighted by Crippen LogP contribution is -2.43. The summed E-state index contributed by atoms with van der Waals surface area (Å²) in [6.07, 6.45) is -4.04. The Morgan fingerprint density at radius 2 is 1.90 bits per heavy atom. The predicted molar refractivity (Wildman–Crippen MR) is 138 cm³/mol. The van der Waals surface area contributed by atoms with Crippen LogP contribution >= 0.6 is 0 Å². The number of carbonyl (C=O) groups excluding carboxylic acids is 3. The standard InChI is InChI=1S/C26H32F3N5O5/c1-15(2)31-25(38)33-20-6-5-17(26(27,28)29)11-19(20)24(37)30-12-23(36)32-18-8-9-34(14-18)13-16-4-7-22(39-3)21(35)10-16/h4-7,10-11,15,18,35H,8-9,12-14H2,1-3H3,(H,30,37)(H,32,36)(H2,31,33,38)/t18-/m1/s1. The molecule has 10 nitrogen and oxygen atoms in total. The smallest absolute Gasteiger partial charge is 0.416 e. The Hall–Kier alpha value is -4.00. The van der Waals surface area contributed by atoms with Crippen LogP contribution in [0, 0.1) is 0 Å². The lowest BCUT2D eigenvalue weighted by Gasteiger charge is -2.18. The molecule has 1 heterocycles. The van der Waals surface area contributed by atoms with Gasteiger partial charge in [-0.05, 0) is 56.2 Å². The number of hydrogen-bond acceptors (Lipinski definition) is 6. The summed E-state index contributed by atoms with van der Waals surface area (Å²) in [5.74, 6) is -1.03. The molecule has 1 atom stereocenters. The van der Waals surface area contributed by atoms with Gasteiger partial charge in [0.25, 0.3) is 5.91 Å². The molecule has 1 fully saturated rings. The molecule has 0 aromatic heterocycles. The van der Waals surface area contributed by atoms with Crippen LogP contribution in [0.5, 0.6) is 11.5 Å². The van der Waals surface area contributed by atoms with Crippen molar-refractivity contribution >= 4 is 23.5 Å². The third-order valence-electron chi connectivity index (χ3n) is 5.96. The van der Waals surface area contributed by atoms with Crippen molar-refractivity contribution in [1.29, 1.82) is 0 Å². The first-order chi connectivity index (χ1) is 18.3. The molecule has 3 rings (SSSR count). The van der Waals surface area contributed by atoms with Gasteiger partial charge in [-0.2, -0.15) is 13.2 Å². The highest BCUT2D eigenvalue weighted by Gasteiger charge is 2.32. The van der Waals surface area contributed by atoms with Crippen molar-refractivity contribution in [3.63, 3.8) is 0 Å². The van der Waals surface area contributed by atoms with Crippen LogP contribution in [0.15, 0.2) is 36.4 Å². The first-order valence-electron chi connectivity index (χ1n) is 12.3. The summed E-state index contributed by atoms with van der Waals surface area (Å²) in [4.78, 5) is 39.4. The second kappa shape index (κ2) is 12.7. The zero-order valence-electron chi connectivity index (χ0n) is 21.8. The first-order valence-corrected chi connectivity index (χ1v) is 12.3. The number of rotatable bonds is 9. The fourth-order valence-corrected chi connectivity index (χ4v) is 4.16. The van der Waals surface area contributed by atoms with E-state index in [2.05, 4.69) is 26.2 Å². The molecule has 2 aromatic carbocycles. The summed E-state index contributed by atoms with van der Waals surface area (Å²) >= 11 is 0. The van der Waals surface area contributed by atoms with Crippen LogP contribution in [-0.2, 0) is 17.5 Å². The lowest BCUT2D eigenvalue weighted by molar-refractivity contribution is -0.137. The quantitative estimate of drug-likeness (QED) is 0.326. The van der Waals surface area contributed by atoms with E-state index >= 15 is 0 Å². The van der Waals surface area contributed by atoms with Crippen molar-refractivity contribution in [2.75, 3.05) is 32.1 Å². The van der Waals surface area contributed by atoms with E-state index in [4.69, 9.17) is 4.74 Å². The Labute approximate surface area is 223 Å².